The molecule has 0 aromatic carbocycles. The van der Waals surface area contributed by atoms with E-state index in [9.17, 15) is 8.42 Å². The number of hydrogen-bond acceptors (Lipinski definition) is 5. The molecule has 0 aliphatic carbocycles. The van der Waals surface area contributed by atoms with Gasteiger partial charge in [0, 0.05) is 32.9 Å². The van der Waals surface area contributed by atoms with E-state index in [-0.39, 0.29) is 17.4 Å². The number of anilines is 1. The van der Waals surface area contributed by atoms with Crippen molar-refractivity contribution in [2.75, 3.05) is 32.1 Å². The van der Waals surface area contributed by atoms with E-state index in [0.717, 1.165) is 12.8 Å². The third-order valence-corrected chi connectivity index (χ3v) is 5.54. The van der Waals surface area contributed by atoms with Gasteiger partial charge in [0.15, 0.2) is 0 Å². The summed E-state index contributed by atoms with van der Waals surface area (Å²) in [7, 11) is -1.87. The van der Waals surface area contributed by atoms with Crippen LogP contribution in [0.5, 0.6) is 0 Å². The van der Waals surface area contributed by atoms with Gasteiger partial charge in [0.2, 0.25) is 10.0 Å². The lowest BCUT2D eigenvalue weighted by molar-refractivity contribution is 0.203. The fourth-order valence-corrected chi connectivity index (χ4v) is 4.29. The van der Waals surface area contributed by atoms with Crippen molar-refractivity contribution in [1.82, 2.24) is 9.29 Å². The van der Waals surface area contributed by atoms with Crippen LogP contribution in [-0.2, 0) is 10.0 Å². The van der Waals surface area contributed by atoms with E-state index in [2.05, 4.69) is 10.3 Å². The zero-order chi connectivity index (χ0) is 14.6. The van der Waals surface area contributed by atoms with Crippen LogP contribution >= 0.6 is 0 Å². The van der Waals surface area contributed by atoms with Crippen molar-refractivity contribution in [2.24, 2.45) is 5.92 Å². The third kappa shape index (κ3) is 3.11. The lowest BCUT2D eigenvalue weighted by Gasteiger charge is -2.31. The molecule has 2 rings (SSSR count). The van der Waals surface area contributed by atoms with Gasteiger partial charge in [-0.3, -0.25) is 0 Å². The third-order valence-electron chi connectivity index (χ3n) is 3.64. The summed E-state index contributed by atoms with van der Waals surface area (Å²) in [6, 6.07) is 3.20. The second-order valence-electron chi connectivity index (χ2n) is 4.98. The molecule has 1 aromatic rings. The Morgan fingerprint density at radius 3 is 3.05 bits per heavy atom. The van der Waals surface area contributed by atoms with Gasteiger partial charge in [-0.1, -0.05) is 0 Å². The fraction of sp³-hybridized carbons (Fsp3) is 0.615. The van der Waals surface area contributed by atoms with E-state index in [1.54, 1.807) is 25.4 Å². The van der Waals surface area contributed by atoms with Crippen LogP contribution < -0.4 is 5.32 Å². The fourth-order valence-electron chi connectivity index (χ4n) is 2.59. The topological polar surface area (TPSA) is 82.5 Å². The summed E-state index contributed by atoms with van der Waals surface area (Å²) >= 11 is 0. The van der Waals surface area contributed by atoms with Gasteiger partial charge in [-0.05, 0) is 37.3 Å². The molecule has 20 heavy (non-hydrogen) atoms. The first-order valence-corrected chi connectivity index (χ1v) is 8.27. The highest BCUT2D eigenvalue weighted by Crippen LogP contribution is 2.27. The maximum Gasteiger partial charge on any atom is 0.246 e. The largest absolute Gasteiger partial charge is 0.396 e. The van der Waals surface area contributed by atoms with Crippen molar-refractivity contribution in [2.45, 2.75) is 24.2 Å². The van der Waals surface area contributed by atoms with Gasteiger partial charge >= 0.3 is 0 Å². The van der Waals surface area contributed by atoms with Gasteiger partial charge in [0.1, 0.15) is 10.7 Å². The van der Waals surface area contributed by atoms with Gasteiger partial charge in [0.05, 0.1) is 0 Å². The number of hydrogen-bond donors (Lipinski definition) is 2. The number of pyridine rings is 1. The summed E-state index contributed by atoms with van der Waals surface area (Å²) in [5.74, 6) is 0.606. The molecular weight excluding hydrogens is 278 g/mol. The zero-order valence-corrected chi connectivity index (χ0v) is 12.4. The van der Waals surface area contributed by atoms with Crippen LogP contribution in [-0.4, -0.2) is 49.6 Å². The Hall–Kier alpha value is -1.18. The number of rotatable bonds is 5. The molecule has 0 amide bonds. The average molecular weight is 299 g/mol. The molecule has 1 fully saturated rings. The first-order chi connectivity index (χ1) is 9.59. The quantitative estimate of drug-likeness (QED) is 0.844. The molecule has 1 aliphatic rings. The molecule has 6 nitrogen and oxygen atoms in total. The Labute approximate surface area is 119 Å². The minimum absolute atomic E-state index is 0.104. The lowest BCUT2D eigenvalue weighted by atomic mass is 9.97. The molecule has 1 unspecified atom stereocenters. The number of aromatic nitrogens is 1. The molecule has 112 valence electrons. The Morgan fingerprint density at radius 2 is 2.35 bits per heavy atom. The Balaban J connectivity index is 2.25. The van der Waals surface area contributed by atoms with Gasteiger partial charge in [0.25, 0.3) is 0 Å². The minimum Gasteiger partial charge on any atom is -0.396 e. The first kappa shape index (κ1) is 15.2. The number of nitrogens with zero attached hydrogens (tertiary/aromatic N) is 2. The highest BCUT2D eigenvalue weighted by Gasteiger charge is 2.31. The van der Waals surface area contributed by atoms with Crippen molar-refractivity contribution >= 4 is 15.8 Å². The standard InChI is InChI=1S/C13H21N3O3S/c1-14-13-12(5-2-7-15-13)20(18,19)16-8-3-4-11(10-16)6-9-17/h2,5,7,11,17H,3-4,6,8-10H2,1H3,(H,14,15). The molecule has 1 atom stereocenters. The van der Waals surface area contributed by atoms with Crippen molar-refractivity contribution in [3.63, 3.8) is 0 Å². The van der Waals surface area contributed by atoms with E-state index < -0.39 is 10.0 Å². The molecule has 1 saturated heterocycles. The second kappa shape index (κ2) is 6.51. The normalized spacial score (nSPS) is 20.8. The predicted octanol–water partition coefficient (Wildman–Crippen LogP) is 0.906. The smallest absolute Gasteiger partial charge is 0.246 e. The molecular formula is C13H21N3O3S. The summed E-state index contributed by atoms with van der Waals surface area (Å²) < 4.78 is 26.9. The maximum atomic E-state index is 12.7. The Morgan fingerprint density at radius 1 is 1.55 bits per heavy atom. The van der Waals surface area contributed by atoms with Gasteiger partial charge < -0.3 is 10.4 Å². The molecule has 0 bridgehead atoms. The Bertz CT molecular complexity index is 546. The van der Waals surface area contributed by atoms with E-state index >= 15 is 0 Å². The predicted molar refractivity (Wildman–Crippen MR) is 77.0 cm³/mol. The number of aliphatic hydroxyl groups is 1. The second-order valence-corrected chi connectivity index (χ2v) is 6.89. The zero-order valence-electron chi connectivity index (χ0n) is 11.6. The molecule has 0 spiro atoms. The first-order valence-electron chi connectivity index (χ1n) is 6.83. The molecule has 2 heterocycles. The van der Waals surface area contributed by atoms with Gasteiger partial charge in [-0.2, -0.15) is 4.31 Å². The average Bonchev–Trinajstić information content (AvgIpc) is 2.48. The van der Waals surface area contributed by atoms with Crippen molar-refractivity contribution < 1.29 is 13.5 Å². The highest BCUT2D eigenvalue weighted by molar-refractivity contribution is 7.89. The number of sulfonamides is 1. The summed E-state index contributed by atoms with van der Waals surface area (Å²) in [6.07, 6.45) is 4.02. The molecule has 0 radical (unpaired) electrons. The van der Waals surface area contributed by atoms with E-state index in [1.807, 2.05) is 0 Å². The maximum absolute atomic E-state index is 12.7. The molecule has 1 aliphatic heterocycles. The summed E-state index contributed by atoms with van der Waals surface area (Å²) in [4.78, 5) is 4.27. The molecule has 7 heteroatoms. The van der Waals surface area contributed by atoms with Crippen LogP contribution in [0.25, 0.3) is 0 Å². The SMILES string of the molecule is CNc1ncccc1S(=O)(=O)N1CCCC(CCO)C1. The van der Waals surface area contributed by atoms with E-state index in [0.29, 0.717) is 25.3 Å². The summed E-state index contributed by atoms with van der Waals surface area (Å²) in [5, 5.41) is 11.8. The van der Waals surface area contributed by atoms with Crippen molar-refractivity contribution in [3.05, 3.63) is 18.3 Å². The van der Waals surface area contributed by atoms with Gasteiger partial charge in [-0.15, -0.1) is 0 Å². The minimum atomic E-state index is -3.53. The summed E-state index contributed by atoms with van der Waals surface area (Å²) in [5.41, 5.74) is 0. The van der Waals surface area contributed by atoms with E-state index in [4.69, 9.17) is 5.11 Å². The van der Waals surface area contributed by atoms with Crippen molar-refractivity contribution in [3.8, 4) is 0 Å². The van der Waals surface area contributed by atoms with Crippen LogP contribution in [0.1, 0.15) is 19.3 Å². The molecule has 0 saturated carbocycles. The van der Waals surface area contributed by atoms with Crippen LogP contribution in [0, 0.1) is 5.92 Å². The van der Waals surface area contributed by atoms with Crippen molar-refractivity contribution in [1.29, 1.82) is 0 Å². The van der Waals surface area contributed by atoms with Crippen LogP contribution in [0.15, 0.2) is 23.2 Å². The highest BCUT2D eigenvalue weighted by atomic mass is 32.2. The monoisotopic (exact) mass is 299 g/mol. The number of nitrogens with one attached hydrogen (secondary N) is 1. The van der Waals surface area contributed by atoms with Crippen LogP contribution in [0.3, 0.4) is 0 Å². The lowest BCUT2D eigenvalue weighted by Crippen LogP contribution is -2.40. The molecule has 1 aromatic heterocycles. The Kier molecular flexibility index (Phi) is 4.95. The number of piperidine rings is 1. The van der Waals surface area contributed by atoms with Gasteiger partial charge in [-0.25, -0.2) is 13.4 Å². The number of aliphatic hydroxyl groups excluding tert-OH is 1. The van der Waals surface area contributed by atoms with E-state index in [1.165, 1.54) is 4.31 Å². The molecule has 2 N–H and O–H groups in total. The van der Waals surface area contributed by atoms with Crippen LogP contribution in [0.2, 0.25) is 0 Å². The van der Waals surface area contributed by atoms with Crippen LogP contribution in [0.4, 0.5) is 5.82 Å². The summed E-state index contributed by atoms with van der Waals surface area (Å²) in [6.45, 7) is 1.11.